The highest BCUT2D eigenvalue weighted by Crippen LogP contribution is 2.36. The maximum absolute atomic E-state index is 12.4. The normalized spacial score (nSPS) is 15.6. The second-order valence-corrected chi connectivity index (χ2v) is 5.82. The van der Waals surface area contributed by atoms with Gasteiger partial charge in [0.2, 0.25) is 5.69 Å². The molecule has 0 saturated heterocycles. The SMILES string of the molecule is O=C1NC(=O)C(c2c[nH]c3ccccc23)=C1c1ccc(O)c([NH+]([O-])O)c1. The second-order valence-electron chi connectivity index (χ2n) is 5.82. The number of rotatable bonds is 3. The van der Waals surface area contributed by atoms with E-state index in [2.05, 4.69) is 10.3 Å². The zero-order valence-corrected chi connectivity index (χ0v) is 13.2. The minimum absolute atomic E-state index is 0.0715. The van der Waals surface area contributed by atoms with Crippen LogP contribution in [0.5, 0.6) is 5.75 Å². The molecule has 0 fully saturated rings. The van der Waals surface area contributed by atoms with Crippen molar-refractivity contribution >= 4 is 39.6 Å². The van der Waals surface area contributed by atoms with E-state index < -0.39 is 22.8 Å². The molecule has 2 amide bonds. The number of phenols is 1. The van der Waals surface area contributed by atoms with Crippen molar-refractivity contribution in [2.24, 2.45) is 0 Å². The van der Waals surface area contributed by atoms with Gasteiger partial charge >= 0.3 is 0 Å². The van der Waals surface area contributed by atoms with Crippen LogP contribution in [0.15, 0.2) is 48.7 Å². The number of fused-ring (bicyclic) bond motifs is 1. The monoisotopic (exact) mass is 351 g/mol. The molecule has 0 aliphatic carbocycles. The fourth-order valence-electron chi connectivity index (χ4n) is 3.13. The van der Waals surface area contributed by atoms with E-state index in [0.29, 0.717) is 5.56 Å². The molecule has 4 rings (SSSR count). The summed E-state index contributed by atoms with van der Waals surface area (Å²) in [6, 6.07) is 11.1. The smallest absolute Gasteiger partial charge is 0.259 e. The van der Waals surface area contributed by atoms with Gasteiger partial charge in [0, 0.05) is 28.7 Å². The van der Waals surface area contributed by atoms with Crippen LogP contribution in [0.2, 0.25) is 0 Å². The maximum Gasteiger partial charge on any atom is 0.259 e. The van der Waals surface area contributed by atoms with Crippen LogP contribution in [-0.2, 0) is 9.59 Å². The molecule has 0 saturated carbocycles. The average Bonchev–Trinajstić information content (AvgIpc) is 3.15. The van der Waals surface area contributed by atoms with Crippen LogP contribution in [0.4, 0.5) is 5.69 Å². The minimum Gasteiger partial charge on any atom is -0.595 e. The molecule has 1 aromatic heterocycles. The van der Waals surface area contributed by atoms with E-state index in [-0.39, 0.29) is 22.4 Å². The molecule has 5 N–H and O–H groups in total. The fourth-order valence-corrected chi connectivity index (χ4v) is 3.13. The molecule has 1 aliphatic heterocycles. The first-order valence-electron chi connectivity index (χ1n) is 7.70. The van der Waals surface area contributed by atoms with Crippen molar-refractivity contribution in [2.75, 3.05) is 0 Å². The van der Waals surface area contributed by atoms with E-state index in [9.17, 15) is 25.1 Å². The predicted octanol–water partition coefficient (Wildman–Crippen LogP) is 0.844. The standard InChI is InChI=1S/C18H13N3O5/c22-14-6-5-9(7-13(14)21(25)26)15-16(18(24)20-17(15)23)11-8-19-12-4-2-1-3-10(11)12/h1-8,19,21-22,25H,(H,20,23,24). The lowest BCUT2D eigenvalue weighted by atomic mass is 9.95. The van der Waals surface area contributed by atoms with Crippen LogP contribution in [0.3, 0.4) is 0 Å². The number of aromatic nitrogens is 1. The summed E-state index contributed by atoms with van der Waals surface area (Å²) in [4.78, 5) is 27.9. The first kappa shape index (κ1) is 16.0. The highest BCUT2D eigenvalue weighted by Gasteiger charge is 2.34. The number of amides is 2. The van der Waals surface area contributed by atoms with Gasteiger partial charge in [-0.3, -0.25) is 14.9 Å². The van der Waals surface area contributed by atoms with Crippen molar-refractivity contribution in [2.45, 2.75) is 0 Å². The van der Waals surface area contributed by atoms with Crippen molar-refractivity contribution in [3.63, 3.8) is 0 Å². The Morgan fingerprint density at radius 1 is 1.00 bits per heavy atom. The van der Waals surface area contributed by atoms with Gasteiger partial charge in [0.1, 0.15) is 0 Å². The number of carbonyl (C=O) groups is 2. The molecular weight excluding hydrogens is 338 g/mol. The fraction of sp³-hybridized carbons (Fsp3) is 0. The predicted molar refractivity (Wildman–Crippen MR) is 92.1 cm³/mol. The number of imide groups is 1. The Morgan fingerprint density at radius 3 is 2.50 bits per heavy atom. The number of carbonyl (C=O) groups excluding carboxylic acids is 2. The van der Waals surface area contributed by atoms with Crippen molar-refractivity contribution in [1.82, 2.24) is 10.3 Å². The summed E-state index contributed by atoms with van der Waals surface area (Å²) >= 11 is 0. The molecular formula is C18H13N3O5. The molecule has 0 radical (unpaired) electrons. The molecule has 26 heavy (non-hydrogen) atoms. The number of hydrogen-bond acceptors (Lipinski definition) is 5. The van der Waals surface area contributed by atoms with E-state index in [1.807, 2.05) is 24.3 Å². The number of phenolic OH excluding ortho intramolecular Hbond substituents is 1. The average molecular weight is 351 g/mol. The highest BCUT2D eigenvalue weighted by atomic mass is 16.8. The van der Waals surface area contributed by atoms with Gasteiger partial charge in [-0.2, -0.15) is 5.23 Å². The van der Waals surface area contributed by atoms with Crippen LogP contribution in [0, 0.1) is 5.21 Å². The van der Waals surface area contributed by atoms with Gasteiger partial charge in [0.05, 0.1) is 11.1 Å². The Labute approximate surface area is 146 Å². The van der Waals surface area contributed by atoms with E-state index in [0.717, 1.165) is 10.9 Å². The quantitative estimate of drug-likeness (QED) is 0.271. The van der Waals surface area contributed by atoms with Crippen molar-refractivity contribution in [3.05, 3.63) is 65.0 Å². The number of benzene rings is 2. The van der Waals surface area contributed by atoms with Crippen LogP contribution < -0.4 is 10.5 Å². The Morgan fingerprint density at radius 2 is 1.73 bits per heavy atom. The van der Waals surface area contributed by atoms with Crippen molar-refractivity contribution in [3.8, 4) is 5.75 Å². The summed E-state index contributed by atoms with van der Waals surface area (Å²) in [6.07, 6.45) is 1.64. The van der Waals surface area contributed by atoms with Crippen LogP contribution in [0.25, 0.3) is 22.0 Å². The van der Waals surface area contributed by atoms with Crippen molar-refractivity contribution < 1.29 is 25.1 Å². The zero-order chi connectivity index (χ0) is 18.4. The summed E-state index contributed by atoms with van der Waals surface area (Å²) in [6.45, 7) is 0. The van der Waals surface area contributed by atoms with Crippen LogP contribution in [-0.4, -0.2) is 27.1 Å². The number of H-pyrrole nitrogens is 1. The third kappa shape index (κ3) is 2.37. The molecule has 1 aliphatic rings. The summed E-state index contributed by atoms with van der Waals surface area (Å²) in [7, 11) is 0. The van der Waals surface area contributed by atoms with E-state index >= 15 is 0 Å². The maximum atomic E-state index is 12.4. The third-order valence-electron chi connectivity index (χ3n) is 4.31. The lowest BCUT2D eigenvalue weighted by molar-refractivity contribution is -0.991. The van der Waals surface area contributed by atoms with E-state index in [4.69, 9.17) is 0 Å². The van der Waals surface area contributed by atoms with Gasteiger partial charge in [0.25, 0.3) is 11.8 Å². The number of para-hydroxylation sites is 1. The van der Waals surface area contributed by atoms with Gasteiger partial charge in [0.15, 0.2) is 5.75 Å². The molecule has 1 atom stereocenters. The summed E-state index contributed by atoms with van der Waals surface area (Å²) in [5.74, 6) is -1.59. The Balaban J connectivity index is 1.98. The molecule has 0 bridgehead atoms. The Bertz CT molecular complexity index is 1100. The molecule has 0 spiro atoms. The van der Waals surface area contributed by atoms with Gasteiger partial charge < -0.3 is 15.3 Å². The molecule has 130 valence electrons. The van der Waals surface area contributed by atoms with E-state index in [1.165, 1.54) is 18.2 Å². The summed E-state index contributed by atoms with van der Waals surface area (Å²) < 4.78 is 0. The Kier molecular flexibility index (Phi) is 3.58. The summed E-state index contributed by atoms with van der Waals surface area (Å²) in [5.41, 5.74) is 1.48. The molecule has 2 heterocycles. The van der Waals surface area contributed by atoms with Crippen LogP contribution in [0.1, 0.15) is 11.1 Å². The topological polar surface area (TPSA) is 130 Å². The second kappa shape index (κ2) is 5.81. The molecule has 8 nitrogen and oxygen atoms in total. The van der Waals surface area contributed by atoms with Crippen molar-refractivity contribution in [1.29, 1.82) is 0 Å². The van der Waals surface area contributed by atoms with Crippen LogP contribution >= 0.6 is 0 Å². The lowest BCUT2D eigenvalue weighted by Crippen LogP contribution is -2.99. The highest BCUT2D eigenvalue weighted by molar-refractivity contribution is 6.50. The third-order valence-corrected chi connectivity index (χ3v) is 4.31. The zero-order valence-electron chi connectivity index (χ0n) is 13.2. The minimum atomic E-state index is -1.33. The largest absolute Gasteiger partial charge is 0.595 e. The number of aromatic amines is 1. The number of nitrogens with one attached hydrogen (secondary N) is 3. The first-order valence-corrected chi connectivity index (χ1v) is 7.70. The van der Waals surface area contributed by atoms with E-state index in [1.54, 1.807) is 6.20 Å². The first-order chi connectivity index (χ1) is 12.5. The molecule has 3 aromatic rings. The van der Waals surface area contributed by atoms with Gasteiger partial charge in [-0.25, -0.2) is 5.21 Å². The molecule has 1 unspecified atom stereocenters. The summed E-state index contributed by atoms with van der Waals surface area (Å²) in [5, 5.41) is 31.8. The van der Waals surface area contributed by atoms with Gasteiger partial charge in [-0.1, -0.05) is 24.3 Å². The van der Waals surface area contributed by atoms with Gasteiger partial charge in [-0.05, 0) is 17.7 Å². The number of quaternary nitrogens is 1. The van der Waals surface area contributed by atoms with Gasteiger partial charge in [-0.15, -0.1) is 0 Å². The lowest BCUT2D eigenvalue weighted by Gasteiger charge is -2.14. The molecule has 8 heteroatoms. The molecule has 2 aromatic carbocycles. The number of aromatic hydroxyl groups is 1. The number of hydrogen-bond donors (Lipinski definition) is 5. The Hall–Kier alpha value is -3.46.